The number of aromatic nitrogens is 2. The molecule has 6 heteroatoms. The van der Waals surface area contributed by atoms with Crippen molar-refractivity contribution in [3.8, 4) is 17.0 Å². The molecular formula is C13H15F2N3O. The lowest BCUT2D eigenvalue weighted by molar-refractivity contribution is -0.0498. The van der Waals surface area contributed by atoms with Gasteiger partial charge in [0, 0.05) is 18.3 Å². The summed E-state index contributed by atoms with van der Waals surface area (Å²) in [4.78, 5) is 0. The highest BCUT2D eigenvalue weighted by Gasteiger charge is 2.10. The molecule has 0 aliphatic heterocycles. The van der Waals surface area contributed by atoms with Crippen LogP contribution in [0.5, 0.6) is 5.75 Å². The number of halogens is 2. The van der Waals surface area contributed by atoms with Crippen LogP contribution >= 0.6 is 0 Å². The van der Waals surface area contributed by atoms with Gasteiger partial charge < -0.3 is 10.5 Å². The highest BCUT2D eigenvalue weighted by atomic mass is 19.3. The molecule has 0 aliphatic rings. The molecule has 0 aliphatic carbocycles. The third-order valence-corrected chi connectivity index (χ3v) is 2.58. The van der Waals surface area contributed by atoms with Gasteiger partial charge in [-0.2, -0.15) is 13.9 Å². The van der Waals surface area contributed by atoms with Crippen molar-refractivity contribution in [1.82, 2.24) is 9.78 Å². The van der Waals surface area contributed by atoms with E-state index in [1.165, 1.54) is 12.1 Å². The van der Waals surface area contributed by atoms with Crippen LogP contribution < -0.4 is 10.5 Å². The van der Waals surface area contributed by atoms with Crippen LogP contribution in [0.3, 0.4) is 0 Å². The lowest BCUT2D eigenvalue weighted by Gasteiger charge is -2.05. The monoisotopic (exact) mass is 267 g/mol. The average Bonchev–Trinajstić information content (AvgIpc) is 2.70. The summed E-state index contributed by atoms with van der Waals surface area (Å²) in [5, 5.41) is 4.34. The predicted octanol–water partition coefficient (Wildman–Crippen LogP) is 3.14. The number of ether oxygens (including phenoxy) is 1. The van der Waals surface area contributed by atoms with E-state index in [4.69, 9.17) is 5.73 Å². The first kappa shape index (κ1) is 13.3. The summed E-state index contributed by atoms with van der Waals surface area (Å²) >= 11 is 0. The SMILES string of the molecule is CCCn1cc(N)c(-c2cccc(OC(F)F)c2)n1. The Morgan fingerprint density at radius 2 is 2.21 bits per heavy atom. The van der Waals surface area contributed by atoms with Gasteiger partial charge in [-0.25, -0.2) is 0 Å². The summed E-state index contributed by atoms with van der Waals surface area (Å²) < 4.78 is 30.4. The minimum Gasteiger partial charge on any atom is -0.435 e. The van der Waals surface area contributed by atoms with E-state index in [0.717, 1.165) is 13.0 Å². The van der Waals surface area contributed by atoms with E-state index in [-0.39, 0.29) is 5.75 Å². The van der Waals surface area contributed by atoms with Gasteiger partial charge in [-0.05, 0) is 18.6 Å². The lowest BCUT2D eigenvalue weighted by Crippen LogP contribution is -2.01. The molecule has 2 rings (SSSR count). The molecule has 0 fully saturated rings. The molecule has 2 N–H and O–H groups in total. The van der Waals surface area contributed by atoms with Crippen molar-refractivity contribution < 1.29 is 13.5 Å². The highest BCUT2D eigenvalue weighted by Crippen LogP contribution is 2.27. The van der Waals surface area contributed by atoms with Gasteiger partial charge in [0.15, 0.2) is 0 Å². The summed E-state index contributed by atoms with van der Waals surface area (Å²) in [7, 11) is 0. The van der Waals surface area contributed by atoms with Crippen molar-refractivity contribution in [1.29, 1.82) is 0 Å². The van der Waals surface area contributed by atoms with Crippen LogP contribution in [0, 0.1) is 0 Å². The number of hydrogen-bond acceptors (Lipinski definition) is 3. The Morgan fingerprint density at radius 3 is 2.89 bits per heavy atom. The average molecular weight is 267 g/mol. The fourth-order valence-electron chi connectivity index (χ4n) is 1.82. The molecule has 0 saturated carbocycles. The van der Waals surface area contributed by atoms with E-state index < -0.39 is 6.61 Å². The molecule has 1 aromatic heterocycles. The number of nitrogens with two attached hydrogens (primary N) is 1. The Bertz CT molecular complexity index is 555. The Balaban J connectivity index is 2.30. The van der Waals surface area contributed by atoms with Gasteiger partial charge in [-0.15, -0.1) is 0 Å². The molecule has 0 spiro atoms. The molecule has 0 unspecified atom stereocenters. The molecule has 1 aromatic carbocycles. The molecule has 0 saturated heterocycles. The van der Waals surface area contributed by atoms with Crippen molar-refractivity contribution in [2.24, 2.45) is 0 Å². The van der Waals surface area contributed by atoms with Gasteiger partial charge in [0.05, 0.1) is 5.69 Å². The van der Waals surface area contributed by atoms with Crippen LogP contribution in [0.2, 0.25) is 0 Å². The Hall–Kier alpha value is -2.11. The van der Waals surface area contributed by atoms with Crippen LogP contribution in [-0.2, 0) is 6.54 Å². The third kappa shape index (κ3) is 3.21. The summed E-state index contributed by atoms with van der Waals surface area (Å²) in [6.45, 7) is -0.0447. The Morgan fingerprint density at radius 1 is 1.42 bits per heavy atom. The number of nitrogens with zero attached hydrogens (tertiary/aromatic N) is 2. The van der Waals surface area contributed by atoms with Crippen molar-refractivity contribution in [2.45, 2.75) is 26.5 Å². The lowest BCUT2D eigenvalue weighted by atomic mass is 10.1. The normalized spacial score (nSPS) is 10.9. The van der Waals surface area contributed by atoms with E-state index in [1.807, 2.05) is 6.92 Å². The van der Waals surface area contributed by atoms with Gasteiger partial charge in [-0.3, -0.25) is 4.68 Å². The minimum absolute atomic E-state index is 0.0944. The summed E-state index contributed by atoms with van der Waals surface area (Å²) in [5.74, 6) is 0.0944. The number of nitrogen functional groups attached to an aromatic ring is 1. The second kappa shape index (κ2) is 5.69. The zero-order chi connectivity index (χ0) is 13.8. The predicted molar refractivity (Wildman–Crippen MR) is 69.0 cm³/mol. The quantitative estimate of drug-likeness (QED) is 0.905. The third-order valence-electron chi connectivity index (χ3n) is 2.58. The fraction of sp³-hybridized carbons (Fsp3) is 0.308. The van der Waals surface area contributed by atoms with Crippen molar-refractivity contribution in [2.75, 3.05) is 5.73 Å². The number of rotatable bonds is 5. The maximum atomic E-state index is 12.2. The van der Waals surface area contributed by atoms with Crippen LogP contribution in [-0.4, -0.2) is 16.4 Å². The van der Waals surface area contributed by atoms with E-state index in [9.17, 15) is 8.78 Å². The summed E-state index contributed by atoms with van der Waals surface area (Å²) in [5.41, 5.74) is 7.63. The van der Waals surface area contributed by atoms with Gasteiger partial charge in [0.2, 0.25) is 0 Å². The molecule has 0 amide bonds. The molecular weight excluding hydrogens is 252 g/mol. The smallest absolute Gasteiger partial charge is 0.387 e. The number of anilines is 1. The number of aryl methyl sites for hydroxylation is 1. The van der Waals surface area contributed by atoms with Gasteiger partial charge in [0.1, 0.15) is 11.4 Å². The van der Waals surface area contributed by atoms with E-state index in [1.54, 1.807) is 23.0 Å². The first-order valence-corrected chi connectivity index (χ1v) is 5.98. The van der Waals surface area contributed by atoms with Crippen molar-refractivity contribution in [3.63, 3.8) is 0 Å². The van der Waals surface area contributed by atoms with Crippen LogP contribution in [0.25, 0.3) is 11.3 Å². The van der Waals surface area contributed by atoms with Gasteiger partial charge >= 0.3 is 6.61 Å². The molecule has 0 radical (unpaired) electrons. The number of benzene rings is 1. The maximum Gasteiger partial charge on any atom is 0.387 e. The Labute approximate surface area is 109 Å². The van der Waals surface area contributed by atoms with Gasteiger partial charge in [0.25, 0.3) is 0 Å². The number of hydrogen-bond donors (Lipinski definition) is 1. The molecule has 0 atom stereocenters. The first-order chi connectivity index (χ1) is 9.10. The zero-order valence-corrected chi connectivity index (χ0v) is 10.5. The Kier molecular flexibility index (Phi) is 3.99. The molecule has 4 nitrogen and oxygen atoms in total. The number of alkyl halides is 2. The summed E-state index contributed by atoms with van der Waals surface area (Å²) in [6.07, 6.45) is 2.68. The molecule has 19 heavy (non-hydrogen) atoms. The van der Waals surface area contributed by atoms with Crippen LogP contribution in [0.15, 0.2) is 30.5 Å². The van der Waals surface area contributed by atoms with E-state index in [2.05, 4.69) is 9.84 Å². The minimum atomic E-state index is -2.84. The van der Waals surface area contributed by atoms with Crippen molar-refractivity contribution >= 4 is 5.69 Å². The van der Waals surface area contributed by atoms with E-state index in [0.29, 0.717) is 16.9 Å². The van der Waals surface area contributed by atoms with Gasteiger partial charge in [-0.1, -0.05) is 19.1 Å². The standard InChI is InChI=1S/C13H15F2N3O/c1-2-6-18-8-11(16)12(17-18)9-4-3-5-10(7-9)19-13(14)15/h3-5,7-8,13H,2,6,16H2,1H3. The fourth-order valence-corrected chi connectivity index (χ4v) is 1.82. The van der Waals surface area contributed by atoms with Crippen molar-refractivity contribution in [3.05, 3.63) is 30.5 Å². The van der Waals surface area contributed by atoms with Crippen LogP contribution in [0.1, 0.15) is 13.3 Å². The highest BCUT2D eigenvalue weighted by molar-refractivity contribution is 5.72. The largest absolute Gasteiger partial charge is 0.435 e. The molecule has 102 valence electrons. The maximum absolute atomic E-state index is 12.2. The van der Waals surface area contributed by atoms with E-state index >= 15 is 0 Å². The first-order valence-electron chi connectivity index (χ1n) is 5.98. The zero-order valence-electron chi connectivity index (χ0n) is 10.5. The second-order valence-corrected chi connectivity index (χ2v) is 4.10. The van der Waals surface area contributed by atoms with Crippen LogP contribution in [0.4, 0.5) is 14.5 Å². The molecule has 1 heterocycles. The molecule has 2 aromatic rings. The summed E-state index contributed by atoms with van der Waals surface area (Å²) in [6, 6.07) is 6.36. The molecule has 0 bridgehead atoms. The topological polar surface area (TPSA) is 53.1 Å². The second-order valence-electron chi connectivity index (χ2n) is 4.10.